The first-order chi connectivity index (χ1) is 12.6. The van der Waals surface area contributed by atoms with Gasteiger partial charge in [0.05, 0.1) is 0 Å². The van der Waals surface area contributed by atoms with Gasteiger partial charge < -0.3 is 13.9 Å². The summed E-state index contributed by atoms with van der Waals surface area (Å²) in [5.74, 6) is 0.439. The van der Waals surface area contributed by atoms with Crippen LogP contribution in [0.3, 0.4) is 0 Å². The van der Waals surface area contributed by atoms with Crippen LogP contribution in [0.5, 0.6) is 5.75 Å². The molecule has 0 unspecified atom stereocenters. The molecule has 7 heteroatoms. The van der Waals surface area contributed by atoms with E-state index in [0.717, 1.165) is 0 Å². The van der Waals surface area contributed by atoms with Gasteiger partial charge in [-0.25, -0.2) is 4.79 Å². The number of nitrogens with zero attached hydrogens (tertiary/aromatic N) is 2. The molecule has 0 fully saturated rings. The van der Waals surface area contributed by atoms with Gasteiger partial charge >= 0.3 is 5.97 Å². The molecule has 132 valence electrons. The second kappa shape index (κ2) is 8.06. The van der Waals surface area contributed by atoms with Gasteiger partial charge in [0.15, 0.2) is 19.0 Å². The summed E-state index contributed by atoms with van der Waals surface area (Å²) >= 11 is 0. The largest absolute Gasteiger partial charge is 0.482 e. The molecule has 0 saturated heterocycles. The van der Waals surface area contributed by atoms with E-state index in [4.69, 9.17) is 13.9 Å². The van der Waals surface area contributed by atoms with Crippen molar-refractivity contribution < 1.29 is 23.5 Å². The summed E-state index contributed by atoms with van der Waals surface area (Å²) in [6.07, 6.45) is 0. The van der Waals surface area contributed by atoms with Crippen molar-refractivity contribution in [3.63, 3.8) is 0 Å². The summed E-state index contributed by atoms with van der Waals surface area (Å²) in [5, 5.41) is 7.36. The zero-order chi connectivity index (χ0) is 18.4. The highest BCUT2D eigenvalue weighted by Crippen LogP contribution is 2.15. The second-order valence-electron chi connectivity index (χ2n) is 5.38. The van der Waals surface area contributed by atoms with E-state index in [1.54, 1.807) is 43.3 Å². The monoisotopic (exact) mass is 352 g/mol. The Balaban J connectivity index is 1.49. The summed E-state index contributed by atoms with van der Waals surface area (Å²) in [6, 6.07) is 15.6. The number of aromatic nitrogens is 2. The van der Waals surface area contributed by atoms with E-state index < -0.39 is 5.97 Å². The molecule has 2 aromatic carbocycles. The van der Waals surface area contributed by atoms with Crippen molar-refractivity contribution in [1.29, 1.82) is 0 Å². The fourth-order valence-corrected chi connectivity index (χ4v) is 2.18. The Morgan fingerprint density at radius 1 is 0.962 bits per heavy atom. The van der Waals surface area contributed by atoms with Gasteiger partial charge in [0.25, 0.3) is 5.89 Å². The zero-order valence-electron chi connectivity index (χ0n) is 14.0. The Labute approximate surface area is 149 Å². The number of carbonyl (C=O) groups excluding carboxylic acids is 2. The number of hydrogen-bond acceptors (Lipinski definition) is 7. The highest BCUT2D eigenvalue weighted by atomic mass is 16.6. The predicted octanol–water partition coefficient (Wildman–Crippen LogP) is 2.73. The molecule has 1 heterocycles. The first kappa shape index (κ1) is 17.3. The quantitative estimate of drug-likeness (QED) is 0.477. The lowest BCUT2D eigenvalue weighted by Gasteiger charge is -2.07. The van der Waals surface area contributed by atoms with Crippen LogP contribution in [0.15, 0.2) is 59.0 Å². The third kappa shape index (κ3) is 4.54. The number of aryl methyl sites for hydroxylation is 1. The maximum Gasteiger partial charge on any atom is 0.344 e. The normalized spacial score (nSPS) is 10.3. The van der Waals surface area contributed by atoms with Crippen LogP contribution in [0.4, 0.5) is 0 Å². The predicted molar refractivity (Wildman–Crippen MR) is 90.6 cm³/mol. The third-order valence-electron chi connectivity index (χ3n) is 3.43. The molecule has 0 amide bonds. The van der Waals surface area contributed by atoms with Crippen molar-refractivity contribution >= 4 is 11.8 Å². The Morgan fingerprint density at radius 3 is 2.31 bits per heavy atom. The number of ketones is 1. The number of rotatable bonds is 7. The van der Waals surface area contributed by atoms with E-state index in [0.29, 0.717) is 22.8 Å². The number of carbonyl (C=O) groups is 2. The van der Waals surface area contributed by atoms with E-state index >= 15 is 0 Å². The Morgan fingerprint density at radius 2 is 1.65 bits per heavy atom. The molecule has 7 nitrogen and oxygen atoms in total. The first-order valence-corrected chi connectivity index (χ1v) is 7.89. The lowest BCUT2D eigenvalue weighted by atomic mass is 10.0. The average Bonchev–Trinajstić information content (AvgIpc) is 3.10. The maximum absolute atomic E-state index is 12.3. The Bertz CT molecular complexity index is 888. The highest BCUT2D eigenvalue weighted by Gasteiger charge is 2.10. The van der Waals surface area contributed by atoms with Gasteiger partial charge in [-0.15, -0.1) is 10.2 Å². The molecular formula is C19H16N2O5. The van der Waals surface area contributed by atoms with Crippen LogP contribution in [0.2, 0.25) is 0 Å². The minimum Gasteiger partial charge on any atom is -0.482 e. The SMILES string of the molecule is Cc1nnc(COC(=O)COc2ccc(C(=O)c3ccccc3)cc2)o1. The van der Waals surface area contributed by atoms with Crippen molar-refractivity contribution in [2.45, 2.75) is 13.5 Å². The van der Waals surface area contributed by atoms with Crippen molar-refractivity contribution in [2.24, 2.45) is 0 Å². The summed E-state index contributed by atoms with van der Waals surface area (Å²) in [5.41, 5.74) is 1.15. The minimum atomic E-state index is -0.565. The molecule has 26 heavy (non-hydrogen) atoms. The van der Waals surface area contributed by atoms with Gasteiger partial charge in [0, 0.05) is 18.1 Å². The summed E-state index contributed by atoms with van der Waals surface area (Å²) in [6.45, 7) is 1.28. The summed E-state index contributed by atoms with van der Waals surface area (Å²) in [7, 11) is 0. The molecule has 0 aliphatic heterocycles. The molecule has 0 aliphatic rings. The van der Waals surface area contributed by atoms with Gasteiger partial charge in [-0.3, -0.25) is 4.79 Å². The molecule has 1 aromatic heterocycles. The fourth-order valence-electron chi connectivity index (χ4n) is 2.18. The van der Waals surface area contributed by atoms with Crippen molar-refractivity contribution in [3.8, 4) is 5.75 Å². The topological polar surface area (TPSA) is 91.5 Å². The van der Waals surface area contributed by atoms with Gasteiger partial charge in [0.1, 0.15) is 5.75 Å². The molecule has 3 aromatic rings. The van der Waals surface area contributed by atoms with Crippen LogP contribution in [-0.4, -0.2) is 28.6 Å². The van der Waals surface area contributed by atoms with Crippen LogP contribution in [0, 0.1) is 6.92 Å². The number of ether oxygens (including phenoxy) is 2. The third-order valence-corrected chi connectivity index (χ3v) is 3.43. The van der Waals surface area contributed by atoms with Gasteiger partial charge in [-0.1, -0.05) is 30.3 Å². The second-order valence-corrected chi connectivity index (χ2v) is 5.38. The average molecular weight is 352 g/mol. The maximum atomic E-state index is 12.3. The van der Waals surface area contributed by atoms with Crippen LogP contribution in [0.25, 0.3) is 0 Å². The number of benzene rings is 2. The molecule has 0 atom stereocenters. The molecule has 0 spiro atoms. The fraction of sp³-hybridized carbons (Fsp3) is 0.158. The van der Waals surface area contributed by atoms with Crippen LogP contribution >= 0.6 is 0 Å². The molecule has 0 radical (unpaired) electrons. The molecule has 0 N–H and O–H groups in total. The van der Waals surface area contributed by atoms with Crippen molar-refractivity contribution in [2.75, 3.05) is 6.61 Å². The van der Waals surface area contributed by atoms with Crippen molar-refractivity contribution in [1.82, 2.24) is 10.2 Å². The number of hydrogen-bond donors (Lipinski definition) is 0. The van der Waals surface area contributed by atoms with E-state index in [-0.39, 0.29) is 24.9 Å². The van der Waals surface area contributed by atoms with E-state index in [1.165, 1.54) is 0 Å². The van der Waals surface area contributed by atoms with Crippen LogP contribution in [0.1, 0.15) is 27.7 Å². The van der Waals surface area contributed by atoms with E-state index in [1.807, 2.05) is 18.2 Å². The Hall–Kier alpha value is -3.48. The summed E-state index contributed by atoms with van der Waals surface area (Å²) < 4.78 is 15.4. The number of esters is 1. The minimum absolute atomic E-state index is 0.0774. The molecule has 0 saturated carbocycles. The van der Waals surface area contributed by atoms with Gasteiger partial charge in [-0.2, -0.15) is 0 Å². The van der Waals surface area contributed by atoms with E-state index in [2.05, 4.69) is 10.2 Å². The molecule has 3 rings (SSSR count). The lowest BCUT2D eigenvalue weighted by Crippen LogP contribution is -2.15. The molecule has 0 aliphatic carbocycles. The smallest absolute Gasteiger partial charge is 0.344 e. The Kier molecular flexibility index (Phi) is 5.38. The first-order valence-electron chi connectivity index (χ1n) is 7.89. The highest BCUT2D eigenvalue weighted by molar-refractivity contribution is 6.08. The molecule has 0 bridgehead atoms. The van der Waals surface area contributed by atoms with Gasteiger partial charge in [0.2, 0.25) is 5.89 Å². The van der Waals surface area contributed by atoms with Crippen LogP contribution in [-0.2, 0) is 16.1 Å². The lowest BCUT2D eigenvalue weighted by molar-refractivity contribution is -0.148. The molecular weight excluding hydrogens is 336 g/mol. The van der Waals surface area contributed by atoms with E-state index in [9.17, 15) is 9.59 Å². The van der Waals surface area contributed by atoms with Gasteiger partial charge in [-0.05, 0) is 24.3 Å². The zero-order valence-corrected chi connectivity index (χ0v) is 14.0. The van der Waals surface area contributed by atoms with Crippen molar-refractivity contribution in [3.05, 3.63) is 77.5 Å². The summed E-state index contributed by atoms with van der Waals surface area (Å²) in [4.78, 5) is 24.0. The standard InChI is InChI=1S/C19H16N2O5/c1-13-20-21-17(26-13)11-25-18(22)12-24-16-9-7-15(8-10-16)19(23)14-5-3-2-4-6-14/h2-10H,11-12H2,1H3. The van der Waals surface area contributed by atoms with Crippen LogP contribution < -0.4 is 4.74 Å².